The molecule has 2 aliphatic rings. The molecule has 0 amide bonds. The molecular weight excluding hydrogens is 288 g/mol. The van der Waals surface area contributed by atoms with Crippen LogP contribution in [0.25, 0.3) is 0 Å². The van der Waals surface area contributed by atoms with Crippen molar-refractivity contribution in [3.05, 3.63) is 59.8 Å². The van der Waals surface area contributed by atoms with E-state index in [1.165, 1.54) is 5.56 Å². The zero-order valence-electron chi connectivity index (χ0n) is 12.4. The third-order valence-electron chi connectivity index (χ3n) is 3.86. The topological polar surface area (TPSA) is 61.0 Å². The van der Waals surface area contributed by atoms with Crippen molar-refractivity contribution in [1.29, 1.82) is 5.41 Å². The normalized spacial score (nSPS) is 14.6. The number of allylic oxidation sites excluding steroid dienone is 1. The van der Waals surface area contributed by atoms with Gasteiger partial charge in [-0.1, -0.05) is 24.3 Å². The molecule has 2 aromatic carbocycles. The number of nitrogens with one attached hydrogen (secondary N) is 1. The molecular formula is C18H14N4O. The lowest BCUT2D eigenvalue weighted by molar-refractivity contribution is 0.475. The van der Waals surface area contributed by atoms with Crippen molar-refractivity contribution in [3.63, 3.8) is 0 Å². The molecule has 0 bridgehead atoms. The summed E-state index contributed by atoms with van der Waals surface area (Å²) >= 11 is 0. The van der Waals surface area contributed by atoms with Crippen molar-refractivity contribution in [2.45, 2.75) is 6.42 Å². The van der Waals surface area contributed by atoms with E-state index in [0.717, 1.165) is 34.9 Å². The highest BCUT2D eigenvalue weighted by atomic mass is 16.5. The van der Waals surface area contributed by atoms with Gasteiger partial charge in [0.15, 0.2) is 11.5 Å². The first kappa shape index (κ1) is 13.5. The maximum absolute atomic E-state index is 7.47. The Labute approximate surface area is 133 Å². The van der Waals surface area contributed by atoms with Crippen molar-refractivity contribution in [2.24, 2.45) is 9.98 Å². The zero-order valence-corrected chi connectivity index (χ0v) is 12.4. The first-order chi connectivity index (χ1) is 11.3. The van der Waals surface area contributed by atoms with Gasteiger partial charge in [0, 0.05) is 18.8 Å². The van der Waals surface area contributed by atoms with Crippen molar-refractivity contribution >= 4 is 30.3 Å². The van der Waals surface area contributed by atoms with Gasteiger partial charge in [0.05, 0.1) is 11.4 Å². The van der Waals surface area contributed by atoms with Crippen LogP contribution in [0.2, 0.25) is 0 Å². The van der Waals surface area contributed by atoms with E-state index in [4.69, 9.17) is 10.1 Å². The summed E-state index contributed by atoms with van der Waals surface area (Å²) in [5, 5.41) is 7.47. The largest absolute Gasteiger partial charge is 0.453 e. The third kappa shape index (κ3) is 2.23. The molecule has 2 heterocycles. The van der Waals surface area contributed by atoms with Crippen molar-refractivity contribution < 1.29 is 4.74 Å². The minimum atomic E-state index is -0.0900. The second-order valence-electron chi connectivity index (χ2n) is 5.32. The van der Waals surface area contributed by atoms with Crippen molar-refractivity contribution in [3.8, 4) is 11.5 Å². The summed E-state index contributed by atoms with van der Waals surface area (Å²) in [6.45, 7) is 3.31. The number of para-hydroxylation sites is 3. The summed E-state index contributed by atoms with van der Waals surface area (Å²) in [5.41, 5.74) is 4.23. The summed E-state index contributed by atoms with van der Waals surface area (Å²) in [5.74, 6) is 1.59. The highest BCUT2D eigenvalue weighted by Gasteiger charge is 2.28. The van der Waals surface area contributed by atoms with Crippen LogP contribution in [0.1, 0.15) is 5.56 Å². The molecule has 5 heteroatoms. The van der Waals surface area contributed by atoms with Gasteiger partial charge in [-0.2, -0.15) is 0 Å². The number of hydrogen-bond donors (Lipinski definition) is 1. The number of guanidine groups is 1. The number of benzene rings is 2. The van der Waals surface area contributed by atoms with Crippen LogP contribution in [0.4, 0.5) is 11.4 Å². The van der Waals surface area contributed by atoms with Crippen LogP contribution in [-0.4, -0.2) is 18.9 Å². The van der Waals surface area contributed by atoms with E-state index < -0.39 is 0 Å². The van der Waals surface area contributed by atoms with Gasteiger partial charge in [0.2, 0.25) is 5.96 Å². The standard InChI is InChI=1S/C18H14N4O/c1-20-18(19)21-10-12-9-13-5-4-8-16-17(13)22(11-12)14-6-2-3-7-15(14)23-16/h2-8,10-11,19H,1,9H2/b19-18?,21-10-. The molecule has 1 N–H and O–H groups in total. The van der Waals surface area contributed by atoms with Crippen LogP contribution >= 0.6 is 0 Å². The fraction of sp³-hybridized carbons (Fsp3) is 0.0556. The lowest BCUT2D eigenvalue weighted by Gasteiger charge is -2.35. The summed E-state index contributed by atoms with van der Waals surface area (Å²) < 4.78 is 6.01. The molecule has 112 valence electrons. The van der Waals surface area contributed by atoms with Crippen molar-refractivity contribution in [1.82, 2.24) is 0 Å². The van der Waals surface area contributed by atoms with E-state index in [2.05, 4.69) is 27.7 Å². The Balaban J connectivity index is 1.83. The van der Waals surface area contributed by atoms with Crippen LogP contribution in [0.15, 0.2) is 64.2 Å². The summed E-state index contributed by atoms with van der Waals surface area (Å²) in [4.78, 5) is 9.62. The molecule has 0 atom stereocenters. The molecule has 4 rings (SSSR count). The Morgan fingerprint density at radius 3 is 2.87 bits per heavy atom. The minimum Gasteiger partial charge on any atom is -0.453 e. The van der Waals surface area contributed by atoms with E-state index in [1.54, 1.807) is 6.21 Å². The van der Waals surface area contributed by atoms with Gasteiger partial charge >= 0.3 is 0 Å². The third-order valence-corrected chi connectivity index (χ3v) is 3.86. The molecule has 2 aliphatic heterocycles. The lowest BCUT2D eigenvalue weighted by Crippen LogP contribution is -2.21. The van der Waals surface area contributed by atoms with Crippen LogP contribution < -0.4 is 9.64 Å². The molecule has 0 saturated carbocycles. The number of rotatable bonds is 1. The molecule has 0 aliphatic carbocycles. The van der Waals surface area contributed by atoms with E-state index in [9.17, 15) is 0 Å². The number of fused-ring (bicyclic) bond motifs is 2. The predicted octanol–water partition coefficient (Wildman–Crippen LogP) is 4.08. The molecule has 23 heavy (non-hydrogen) atoms. The maximum Gasteiger partial charge on any atom is 0.241 e. The van der Waals surface area contributed by atoms with Gasteiger partial charge < -0.3 is 9.64 Å². The van der Waals surface area contributed by atoms with E-state index in [-0.39, 0.29) is 5.96 Å². The highest BCUT2D eigenvalue weighted by molar-refractivity contribution is 5.96. The average Bonchev–Trinajstić information content (AvgIpc) is 2.60. The molecule has 0 saturated heterocycles. The SMILES string of the molecule is C=NC(=N)/N=C\C1=CN2c3ccccc3Oc3cccc(c32)C1. The fourth-order valence-corrected chi connectivity index (χ4v) is 2.88. The minimum absolute atomic E-state index is 0.0900. The van der Waals surface area contributed by atoms with Crippen LogP contribution in [0.3, 0.4) is 0 Å². The van der Waals surface area contributed by atoms with Crippen molar-refractivity contribution in [2.75, 3.05) is 4.90 Å². The van der Waals surface area contributed by atoms with Gasteiger partial charge in [-0.05, 0) is 36.1 Å². The van der Waals surface area contributed by atoms with Crippen LogP contribution in [0.5, 0.6) is 11.5 Å². The zero-order chi connectivity index (χ0) is 15.8. The van der Waals surface area contributed by atoms with Gasteiger partial charge in [-0.3, -0.25) is 5.41 Å². The molecule has 0 spiro atoms. The Morgan fingerprint density at radius 1 is 1.17 bits per heavy atom. The van der Waals surface area contributed by atoms with E-state index in [1.807, 2.05) is 42.6 Å². The molecule has 5 nitrogen and oxygen atoms in total. The van der Waals surface area contributed by atoms with Gasteiger partial charge in [-0.15, -0.1) is 0 Å². The van der Waals surface area contributed by atoms with E-state index >= 15 is 0 Å². The van der Waals surface area contributed by atoms with Crippen LogP contribution in [0, 0.1) is 5.41 Å². The lowest BCUT2D eigenvalue weighted by atomic mass is 9.98. The molecule has 2 aromatic rings. The van der Waals surface area contributed by atoms with Gasteiger partial charge in [0.25, 0.3) is 0 Å². The molecule has 0 fully saturated rings. The smallest absolute Gasteiger partial charge is 0.241 e. The summed E-state index contributed by atoms with van der Waals surface area (Å²) in [6.07, 6.45) is 4.44. The average molecular weight is 302 g/mol. The number of anilines is 2. The van der Waals surface area contributed by atoms with Crippen LogP contribution in [-0.2, 0) is 6.42 Å². The van der Waals surface area contributed by atoms with Gasteiger partial charge in [0.1, 0.15) is 0 Å². The second-order valence-corrected chi connectivity index (χ2v) is 5.32. The number of ether oxygens (including phenoxy) is 1. The number of aliphatic imine (C=N–C) groups is 2. The monoisotopic (exact) mass is 302 g/mol. The van der Waals surface area contributed by atoms with Gasteiger partial charge in [-0.25, -0.2) is 9.98 Å². The summed E-state index contributed by atoms with van der Waals surface area (Å²) in [6, 6.07) is 14.0. The quantitative estimate of drug-likeness (QED) is 0.637. The molecule has 0 aromatic heterocycles. The first-order valence-electron chi connectivity index (χ1n) is 7.24. The Morgan fingerprint density at radius 2 is 2.00 bits per heavy atom. The number of nitrogens with zero attached hydrogens (tertiary/aromatic N) is 3. The Kier molecular flexibility index (Phi) is 3.05. The Bertz CT molecular complexity index is 882. The fourth-order valence-electron chi connectivity index (χ4n) is 2.88. The summed E-state index contributed by atoms with van der Waals surface area (Å²) in [7, 11) is 0. The Hall–Kier alpha value is -3.21. The predicted molar refractivity (Wildman–Crippen MR) is 92.7 cm³/mol. The number of hydrogen-bond acceptors (Lipinski definition) is 3. The second kappa shape index (κ2) is 5.21. The molecule has 0 radical (unpaired) electrons. The maximum atomic E-state index is 7.47. The highest BCUT2D eigenvalue weighted by Crippen LogP contribution is 2.50. The first-order valence-corrected chi connectivity index (χ1v) is 7.24. The van der Waals surface area contributed by atoms with E-state index in [0.29, 0.717) is 0 Å². The molecule has 0 unspecified atom stereocenters.